The van der Waals surface area contributed by atoms with E-state index in [0.29, 0.717) is 12.1 Å². The molecule has 1 saturated carbocycles. The van der Waals surface area contributed by atoms with Gasteiger partial charge in [-0.15, -0.1) is 11.8 Å². The predicted octanol–water partition coefficient (Wildman–Crippen LogP) is 0.931. The van der Waals surface area contributed by atoms with E-state index in [4.69, 9.17) is 10.8 Å². The number of hydrogen-bond acceptors (Lipinski definition) is 5. The lowest BCUT2D eigenvalue weighted by molar-refractivity contribution is -0.139. The quantitative estimate of drug-likeness (QED) is 0.561. The minimum Gasteiger partial charge on any atom is -0.480 e. The van der Waals surface area contributed by atoms with Gasteiger partial charge in [0.15, 0.2) is 0 Å². The lowest BCUT2D eigenvalue weighted by Gasteiger charge is -2.42. The molecule has 8 heteroatoms. The van der Waals surface area contributed by atoms with Crippen LogP contribution in [0.3, 0.4) is 0 Å². The summed E-state index contributed by atoms with van der Waals surface area (Å²) in [5, 5.41) is 11.9. The van der Waals surface area contributed by atoms with E-state index in [9.17, 15) is 14.4 Å². The van der Waals surface area contributed by atoms with Gasteiger partial charge >= 0.3 is 5.97 Å². The predicted molar refractivity (Wildman–Crippen MR) is 95.5 cm³/mol. The molecule has 1 fully saturated rings. The van der Waals surface area contributed by atoms with Crippen LogP contribution in [0, 0.1) is 0 Å². The fraction of sp³-hybridized carbons (Fsp3) is 0.471. The first-order valence-electron chi connectivity index (χ1n) is 8.17. The molecule has 25 heavy (non-hydrogen) atoms. The summed E-state index contributed by atoms with van der Waals surface area (Å²) in [4.78, 5) is 36.9. The topological polar surface area (TPSA) is 113 Å². The van der Waals surface area contributed by atoms with Gasteiger partial charge in [-0.3, -0.25) is 19.3 Å². The number of nitrogens with zero attached hydrogens (tertiary/aromatic N) is 1. The van der Waals surface area contributed by atoms with Gasteiger partial charge in [0.05, 0.1) is 17.9 Å². The average Bonchev–Trinajstić information content (AvgIpc) is 2.53. The standard InChI is InChI=1S/C17H23N3O4S/c1-2-20(9-16(22)23)12-7-11(8-12)19-17(24)13-5-3-4-6-14(13)25-10-15(18)21/h3-6,11-12H,2,7-10H2,1H3,(H2,18,21)(H,19,24)(H,22,23). The zero-order chi connectivity index (χ0) is 18.4. The molecule has 0 saturated heterocycles. The minimum absolute atomic E-state index is 0.0222. The molecule has 2 amide bonds. The SMILES string of the molecule is CCN(CC(=O)O)C1CC(NC(=O)c2ccccc2SCC(N)=O)C1. The first-order valence-corrected chi connectivity index (χ1v) is 9.16. The molecule has 2 rings (SSSR count). The van der Waals surface area contributed by atoms with E-state index >= 15 is 0 Å². The fourth-order valence-corrected chi connectivity index (χ4v) is 3.66. The second-order valence-electron chi connectivity index (χ2n) is 6.00. The zero-order valence-electron chi connectivity index (χ0n) is 14.1. The number of primary amides is 1. The molecule has 1 aliphatic rings. The minimum atomic E-state index is -0.838. The maximum atomic E-state index is 12.5. The number of nitrogens with one attached hydrogen (secondary N) is 1. The van der Waals surface area contributed by atoms with Crippen molar-refractivity contribution in [3.8, 4) is 0 Å². The molecule has 1 aromatic rings. The van der Waals surface area contributed by atoms with E-state index in [1.54, 1.807) is 18.2 Å². The number of carboxylic acids is 1. The molecule has 0 aliphatic heterocycles. The Morgan fingerprint density at radius 3 is 2.60 bits per heavy atom. The summed E-state index contributed by atoms with van der Waals surface area (Å²) in [5.41, 5.74) is 5.69. The first kappa shape index (κ1) is 19.3. The first-order chi connectivity index (χ1) is 11.9. The van der Waals surface area contributed by atoms with Crippen LogP contribution in [0.5, 0.6) is 0 Å². The molecular weight excluding hydrogens is 342 g/mol. The molecule has 7 nitrogen and oxygen atoms in total. The fourth-order valence-electron chi connectivity index (χ4n) is 2.87. The molecule has 0 radical (unpaired) electrons. The van der Waals surface area contributed by atoms with Crippen LogP contribution in [0.1, 0.15) is 30.1 Å². The van der Waals surface area contributed by atoms with Gasteiger partial charge in [-0.25, -0.2) is 0 Å². The Kier molecular flexibility index (Phi) is 6.83. The molecule has 0 unspecified atom stereocenters. The highest BCUT2D eigenvalue weighted by Crippen LogP contribution is 2.27. The van der Waals surface area contributed by atoms with Crippen molar-refractivity contribution in [2.75, 3.05) is 18.8 Å². The number of aliphatic carboxylic acids is 1. The van der Waals surface area contributed by atoms with Gasteiger partial charge in [0, 0.05) is 17.0 Å². The average molecular weight is 365 g/mol. The summed E-state index contributed by atoms with van der Waals surface area (Å²) >= 11 is 1.24. The Hall–Kier alpha value is -2.06. The van der Waals surface area contributed by atoms with Crippen LogP contribution >= 0.6 is 11.8 Å². The van der Waals surface area contributed by atoms with Crippen LogP contribution in [0.2, 0.25) is 0 Å². The van der Waals surface area contributed by atoms with Crippen LogP contribution in [0.4, 0.5) is 0 Å². The second-order valence-corrected chi connectivity index (χ2v) is 7.02. The number of thioether (sulfide) groups is 1. The van der Waals surface area contributed by atoms with Crippen molar-refractivity contribution in [3.05, 3.63) is 29.8 Å². The van der Waals surface area contributed by atoms with Crippen LogP contribution in [0.15, 0.2) is 29.2 Å². The Morgan fingerprint density at radius 2 is 2.00 bits per heavy atom. The summed E-state index contributed by atoms with van der Waals surface area (Å²) < 4.78 is 0. The van der Waals surface area contributed by atoms with Crippen LogP contribution in [0.25, 0.3) is 0 Å². The molecule has 136 valence electrons. The van der Waals surface area contributed by atoms with Crippen molar-refractivity contribution in [2.24, 2.45) is 5.73 Å². The van der Waals surface area contributed by atoms with Crippen molar-refractivity contribution >= 4 is 29.5 Å². The van der Waals surface area contributed by atoms with Gasteiger partial charge in [0.1, 0.15) is 0 Å². The Morgan fingerprint density at radius 1 is 1.32 bits per heavy atom. The normalized spacial score (nSPS) is 19.3. The zero-order valence-corrected chi connectivity index (χ0v) is 14.9. The smallest absolute Gasteiger partial charge is 0.317 e. The summed E-state index contributed by atoms with van der Waals surface area (Å²) in [6.45, 7) is 2.62. The van der Waals surface area contributed by atoms with E-state index in [0.717, 1.165) is 17.7 Å². The van der Waals surface area contributed by atoms with E-state index in [1.807, 2.05) is 17.9 Å². The van der Waals surface area contributed by atoms with Gasteiger partial charge in [-0.05, 0) is 31.5 Å². The third-order valence-corrected chi connectivity index (χ3v) is 5.31. The van der Waals surface area contributed by atoms with E-state index in [1.165, 1.54) is 11.8 Å². The Balaban J connectivity index is 1.89. The molecule has 0 spiro atoms. The Labute approximate surface area is 150 Å². The summed E-state index contributed by atoms with van der Waals surface area (Å²) in [7, 11) is 0. The largest absolute Gasteiger partial charge is 0.480 e. The van der Waals surface area contributed by atoms with Crippen molar-refractivity contribution in [3.63, 3.8) is 0 Å². The molecule has 0 heterocycles. The molecule has 1 aliphatic carbocycles. The van der Waals surface area contributed by atoms with Gasteiger partial charge in [-0.1, -0.05) is 19.1 Å². The summed E-state index contributed by atoms with van der Waals surface area (Å²) in [6.07, 6.45) is 1.48. The van der Waals surface area contributed by atoms with Crippen LogP contribution in [-0.4, -0.2) is 58.7 Å². The number of carboxylic acid groups (broad SMARTS) is 1. The number of hydrogen-bond donors (Lipinski definition) is 3. The maximum absolute atomic E-state index is 12.5. The highest BCUT2D eigenvalue weighted by Gasteiger charge is 2.35. The summed E-state index contributed by atoms with van der Waals surface area (Å²) in [6, 6.07) is 7.32. The van der Waals surface area contributed by atoms with E-state index in [2.05, 4.69) is 5.32 Å². The lowest BCUT2D eigenvalue weighted by atomic mass is 9.85. The molecule has 0 bridgehead atoms. The van der Waals surface area contributed by atoms with Gasteiger partial charge in [0.2, 0.25) is 5.91 Å². The van der Waals surface area contributed by atoms with Crippen LogP contribution in [-0.2, 0) is 9.59 Å². The van der Waals surface area contributed by atoms with E-state index in [-0.39, 0.29) is 30.3 Å². The monoisotopic (exact) mass is 365 g/mol. The highest BCUT2D eigenvalue weighted by molar-refractivity contribution is 8.00. The van der Waals surface area contributed by atoms with Crippen molar-refractivity contribution in [1.29, 1.82) is 0 Å². The van der Waals surface area contributed by atoms with Gasteiger partial charge in [0.25, 0.3) is 5.91 Å². The number of rotatable bonds is 9. The number of carbonyl (C=O) groups is 3. The molecule has 1 aromatic carbocycles. The lowest BCUT2D eigenvalue weighted by Crippen LogP contribution is -2.54. The number of amides is 2. The van der Waals surface area contributed by atoms with E-state index < -0.39 is 11.9 Å². The van der Waals surface area contributed by atoms with Crippen molar-refractivity contribution in [2.45, 2.75) is 36.7 Å². The molecule has 0 aromatic heterocycles. The van der Waals surface area contributed by atoms with Crippen molar-refractivity contribution < 1.29 is 19.5 Å². The third-order valence-electron chi connectivity index (χ3n) is 4.21. The van der Waals surface area contributed by atoms with Crippen molar-refractivity contribution in [1.82, 2.24) is 10.2 Å². The second kappa shape index (κ2) is 8.87. The Bertz CT molecular complexity index is 647. The number of carbonyl (C=O) groups excluding carboxylic acids is 2. The van der Waals surface area contributed by atoms with Gasteiger partial charge in [-0.2, -0.15) is 0 Å². The number of likely N-dealkylation sites (N-methyl/N-ethyl adjacent to an activating group) is 1. The number of benzene rings is 1. The molecule has 4 N–H and O–H groups in total. The summed E-state index contributed by atoms with van der Waals surface area (Å²) in [5.74, 6) is -1.33. The van der Waals surface area contributed by atoms with Crippen LogP contribution < -0.4 is 11.1 Å². The maximum Gasteiger partial charge on any atom is 0.317 e. The third kappa shape index (κ3) is 5.47. The number of nitrogens with two attached hydrogens (primary N) is 1. The molecule has 0 atom stereocenters. The van der Waals surface area contributed by atoms with Gasteiger partial charge < -0.3 is 16.2 Å². The molecular formula is C17H23N3O4S. The highest BCUT2D eigenvalue weighted by atomic mass is 32.2.